The predicted molar refractivity (Wildman–Crippen MR) is 63.7 cm³/mol. The van der Waals surface area contributed by atoms with Gasteiger partial charge < -0.3 is 5.11 Å². The maximum absolute atomic E-state index is 10.5. The molecule has 2 aliphatic carbocycles. The summed E-state index contributed by atoms with van der Waals surface area (Å²) in [5.74, 6) is 2.83. The van der Waals surface area contributed by atoms with Crippen LogP contribution >= 0.6 is 0 Å². The van der Waals surface area contributed by atoms with Crippen molar-refractivity contribution in [2.24, 2.45) is 17.8 Å². The van der Waals surface area contributed by atoms with Gasteiger partial charge in [0, 0.05) is 0 Å². The first kappa shape index (κ1) is 11.4. The fraction of sp³-hybridized carbons (Fsp3) is 1.00. The van der Waals surface area contributed by atoms with Crippen molar-refractivity contribution in [2.75, 3.05) is 0 Å². The van der Waals surface area contributed by atoms with Gasteiger partial charge in [0.15, 0.2) is 0 Å². The lowest BCUT2D eigenvalue weighted by atomic mass is 9.78. The second-order valence-electron chi connectivity index (χ2n) is 5.97. The fourth-order valence-electron chi connectivity index (χ4n) is 4.00. The summed E-state index contributed by atoms with van der Waals surface area (Å²) in [4.78, 5) is 0. The summed E-state index contributed by atoms with van der Waals surface area (Å²) in [6, 6.07) is 0. The van der Waals surface area contributed by atoms with E-state index in [1.54, 1.807) is 0 Å². The van der Waals surface area contributed by atoms with Crippen molar-refractivity contribution in [3.63, 3.8) is 0 Å². The molecule has 2 fully saturated rings. The molecule has 0 heterocycles. The molecule has 0 aromatic rings. The van der Waals surface area contributed by atoms with Crippen molar-refractivity contribution in [1.29, 1.82) is 0 Å². The first-order chi connectivity index (χ1) is 7.17. The van der Waals surface area contributed by atoms with Crippen LogP contribution in [0.5, 0.6) is 0 Å². The highest BCUT2D eigenvalue weighted by Crippen LogP contribution is 2.51. The minimum absolute atomic E-state index is 0.343. The van der Waals surface area contributed by atoms with E-state index in [-0.39, 0.29) is 5.60 Å². The van der Waals surface area contributed by atoms with Gasteiger partial charge in [0.1, 0.15) is 0 Å². The Morgan fingerprint density at radius 2 is 2.00 bits per heavy atom. The zero-order valence-corrected chi connectivity index (χ0v) is 10.3. The first-order valence-corrected chi connectivity index (χ1v) is 6.89. The molecule has 0 radical (unpaired) electrons. The third-order valence-electron chi connectivity index (χ3n) is 4.90. The van der Waals surface area contributed by atoms with Crippen LogP contribution in [0.3, 0.4) is 0 Å². The Hall–Kier alpha value is -0.0400. The average Bonchev–Trinajstić information content (AvgIpc) is 2.79. The van der Waals surface area contributed by atoms with Gasteiger partial charge >= 0.3 is 0 Å². The van der Waals surface area contributed by atoms with Crippen LogP contribution < -0.4 is 0 Å². The van der Waals surface area contributed by atoms with Crippen molar-refractivity contribution in [2.45, 2.75) is 70.8 Å². The fourth-order valence-corrected chi connectivity index (χ4v) is 4.00. The van der Waals surface area contributed by atoms with Crippen molar-refractivity contribution >= 4 is 0 Å². The van der Waals surface area contributed by atoms with Crippen LogP contribution in [0.25, 0.3) is 0 Å². The molecule has 1 N–H and O–H groups in total. The smallest absolute Gasteiger partial charge is 0.0647 e. The van der Waals surface area contributed by atoms with Gasteiger partial charge in [-0.15, -0.1) is 0 Å². The molecule has 2 saturated carbocycles. The zero-order valence-electron chi connectivity index (χ0n) is 10.3. The quantitative estimate of drug-likeness (QED) is 0.732. The number of fused-ring (bicyclic) bond motifs is 2. The number of aliphatic hydroxyl groups is 1. The number of hydrogen-bond donors (Lipinski definition) is 1. The standard InChI is InChI=1S/C14H26O/c1-3-7-14(15,4-2)10-13-9-11-5-6-12(13)8-11/h11-13,15H,3-10H2,1-2H3. The van der Waals surface area contributed by atoms with E-state index in [1.807, 2.05) is 0 Å². The van der Waals surface area contributed by atoms with Gasteiger partial charge in [-0.05, 0) is 56.3 Å². The lowest BCUT2D eigenvalue weighted by Gasteiger charge is -2.33. The molecule has 4 atom stereocenters. The molecule has 1 heteroatoms. The van der Waals surface area contributed by atoms with E-state index in [4.69, 9.17) is 0 Å². The van der Waals surface area contributed by atoms with Gasteiger partial charge in [-0.2, -0.15) is 0 Å². The maximum atomic E-state index is 10.5. The van der Waals surface area contributed by atoms with E-state index in [0.717, 1.165) is 43.4 Å². The Bertz CT molecular complexity index is 213. The largest absolute Gasteiger partial charge is 0.390 e. The van der Waals surface area contributed by atoms with E-state index < -0.39 is 0 Å². The highest BCUT2D eigenvalue weighted by Gasteiger charge is 2.42. The minimum Gasteiger partial charge on any atom is -0.390 e. The third-order valence-corrected chi connectivity index (χ3v) is 4.90. The van der Waals surface area contributed by atoms with Gasteiger partial charge in [-0.1, -0.05) is 26.7 Å². The molecular weight excluding hydrogens is 184 g/mol. The van der Waals surface area contributed by atoms with Crippen LogP contribution in [0.4, 0.5) is 0 Å². The Morgan fingerprint density at radius 1 is 1.20 bits per heavy atom. The molecule has 1 nitrogen and oxygen atoms in total. The summed E-state index contributed by atoms with van der Waals surface area (Å²) in [7, 11) is 0. The van der Waals surface area contributed by atoms with Crippen LogP contribution in [-0.2, 0) is 0 Å². The molecule has 88 valence electrons. The van der Waals surface area contributed by atoms with Crippen molar-refractivity contribution in [1.82, 2.24) is 0 Å². The molecule has 0 spiro atoms. The summed E-state index contributed by atoms with van der Waals surface area (Å²) in [5.41, 5.74) is -0.343. The maximum Gasteiger partial charge on any atom is 0.0647 e. The van der Waals surface area contributed by atoms with Crippen molar-refractivity contribution in [3.8, 4) is 0 Å². The van der Waals surface area contributed by atoms with Crippen molar-refractivity contribution < 1.29 is 5.11 Å². The van der Waals surface area contributed by atoms with Gasteiger partial charge in [0.25, 0.3) is 0 Å². The number of hydrogen-bond acceptors (Lipinski definition) is 1. The van der Waals surface area contributed by atoms with Gasteiger partial charge in [0.05, 0.1) is 5.60 Å². The summed E-state index contributed by atoms with van der Waals surface area (Å²) < 4.78 is 0. The van der Waals surface area contributed by atoms with E-state index in [1.165, 1.54) is 25.7 Å². The zero-order chi connectivity index (χ0) is 10.9. The summed E-state index contributed by atoms with van der Waals surface area (Å²) >= 11 is 0. The van der Waals surface area contributed by atoms with Crippen LogP contribution in [0.2, 0.25) is 0 Å². The van der Waals surface area contributed by atoms with Crippen LogP contribution in [0.15, 0.2) is 0 Å². The molecule has 0 saturated heterocycles. The van der Waals surface area contributed by atoms with Crippen molar-refractivity contribution in [3.05, 3.63) is 0 Å². The summed E-state index contributed by atoms with van der Waals surface area (Å²) in [5, 5.41) is 10.5. The first-order valence-electron chi connectivity index (χ1n) is 6.89. The van der Waals surface area contributed by atoms with E-state index >= 15 is 0 Å². The molecule has 0 amide bonds. The minimum atomic E-state index is -0.343. The average molecular weight is 210 g/mol. The lowest BCUT2D eigenvalue weighted by molar-refractivity contribution is -0.00481. The monoisotopic (exact) mass is 210 g/mol. The van der Waals surface area contributed by atoms with Crippen LogP contribution in [0.1, 0.15) is 65.2 Å². The summed E-state index contributed by atoms with van der Waals surface area (Å²) in [6.45, 7) is 4.32. The highest BCUT2D eigenvalue weighted by molar-refractivity contribution is 4.93. The lowest BCUT2D eigenvalue weighted by Crippen LogP contribution is -2.32. The molecule has 0 aromatic heterocycles. The van der Waals surface area contributed by atoms with Crippen LogP contribution in [-0.4, -0.2) is 10.7 Å². The molecule has 2 bridgehead atoms. The Balaban J connectivity index is 1.89. The molecule has 2 aliphatic rings. The summed E-state index contributed by atoms with van der Waals surface area (Å²) in [6.07, 6.45) is 9.93. The van der Waals surface area contributed by atoms with E-state index in [9.17, 15) is 5.11 Å². The van der Waals surface area contributed by atoms with E-state index in [0.29, 0.717) is 0 Å². The molecule has 0 aliphatic heterocycles. The Labute approximate surface area is 94.3 Å². The molecule has 4 unspecified atom stereocenters. The molecule has 15 heavy (non-hydrogen) atoms. The Kier molecular flexibility index (Phi) is 3.39. The van der Waals surface area contributed by atoms with E-state index in [2.05, 4.69) is 13.8 Å². The second kappa shape index (κ2) is 4.45. The van der Waals surface area contributed by atoms with Gasteiger partial charge in [0.2, 0.25) is 0 Å². The SMILES string of the molecule is CCCC(O)(CC)CC1CC2CCC1C2. The predicted octanol–water partition coefficient (Wildman–Crippen LogP) is 3.75. The normalized spacial score (nSPS) is 38.2. The number of rotatable bonds is 5. The highest BCUT2D eigenvalue weighted by atomic mass is 16.3. The van der Waals surface area contributed by atoms with Crippen LogP contribution in [0, 0.1) is 17.8 Å². The van der Waals surface area contributed by atoms with Gasteiger partial charge in [-0.3, -0.25) is 0 Å². The molecule has 0 aromatic carbocycles. The topological polar surface area (TPSA) is 20.2 Å². The third kappa shape index (κ3) is 2.38. The van der Waals surface area contributed by atoms with Gasteiger partial charge in [-0.25, -0.2) is 0 Å². The molecular formula is C14H26O. The Morgan fingerprint density at radius 3 is 2.47 bits per heavy atom. The molecule has 2 rings (SSSR count). The second-order valence-corrected chi connectivity index (χ2v) is 5.97.